The molecule has 23 heavy (non-hydrogen) atoms. The molecule has 2 aromatic rings. The molecule has 1 fully saturated rings. The Labute approximate surface area is 133 Å². The van der Waals surface area contributed by atoms with Crippen LogP contribution in [0.3, 0.4) is 0 Å². The van der Waals surface area contributed by atoms with Crippen molar-refractivity contribution in [3.63, 3.8) is 0 Å². The fraction of sp³-hybridized carbons (Fsp3) is 0.375. The standard InChI is InChI=1S/C16H18N4O3/c21-13(17-10-14(22)18-12-6-7-12)8-9-15-19-16(20-23-15)11-4-2-1-3-5-11/h1-5,12H,6-10H2,(H,17,21)(H,18,22). The molecule has 1 heterocycles. The summed E-state index contributed by atoms with van der Waals surface area (Å²) in [5.74, 6) is 0.548. The molecule has 7 nitrogen and oxygen atoms in total. The van der Waals surface area contributed by atoms with Crippen LogP contribution >= 0.6 is 0 Å². The van der Waals surface area contributed by atoms with E-state index in [0.29, 0.717) is 24.2 Å². The molecular weight excluding hydrogens is 296 g/mol. The Kier molecular flexibility index (Phi) is 4.65. The van der Waals surface area contributed by atoms with E-state index in [4.69, 9.17) is 4.52 Å². The third kappa shape index (κ3) is 4.64. The summed E-state index contributed by atoms with van der Waals surface area (Å²) in [6.07, 6.45) is 2.60. The van der Waals surface area contributed by atoms with Crippen LogP contribution in [-0.2, 0) is 16.0 Å². The Bertz CT molecular complexity index is 680. The first-order valence-corrected chi connectivity index (χ1v) is 7.65. The van der Waals surface area contributed by atoms with Crippen LogP contribution in [0.2, 0.25) is 0 Å². The molecule has 3 rings (SSSR count). The summed E-state index contributed by atoms with van der Waals surface area (Å²) in [6.45, 7) is 0.00837. The number of rotatable bonds is 7. The minimum atomic E-state index is -0.213. The summed E-state index contributed by atoms with van der Waals surface area (Å²) in [5, 5.41) is 9.29. The Hall–Kier alpha value is -2.70. The zero-order valence-electron chi connectivity index (χ0n) is 12.6. The molecule has 0 radical (unpaired) electrons. The molecule has 120 valence electrons. The van der Waals surface area contributed by atoms with Gasteiger partial charge >= 0.3 is 0 Å². The highest BCUT2D eigenvalue weighted by Crippen LogP contribution is 2.18. The first-order chi connectivity index (χ1) is 11.2. The fourth-order valence-electron chi connectivity index (χ4n) is 2.05. The molecule has 2 amide bonds. The first kappa shape index (κ1) is 15.2. The van der Waals surface area contributed by atoms with Crippen molar-refractivity contribution in [1.29, 1.82) is 0 Å². The van der Waals surface area contributed by atoms with Gasteiger partial charge in [0.1, 0.15) is 0 Å². The van der Waals surface area contributed by atoms with E-state index in [1.807, 2.05) is 30.3 Å². The Balaban J connectivity index is 1.42. The van der Waals surface area contributed by atoms with Crippen LogP contribution in [0.25, 0.3) is 11.4 Å². The van der Waals surface area contributed by atoms with Crippen molar-refractivity contribution >= 4 is 11.8 Å². The van der Waals surface area contributed by atoms with Gasteiger partial charge in [0, 0.05) is 24.4 Å². The quantitative estimate of drug-likeness (QED) is 0.796. The highest BCUT2D eigenvalue weighted by atomic mass is 16.5. The van der Waals surface area contributed by atoms with E-state index in [1.54, 1.807) is 0 Å². The maximum absolute atomic E-state index is 11.7. The number of benzene rings is 1. The smallest absolute Gasteiger partial charge is 0.239 e. The summed E-state index contributed by atoms with van der Waals surface area (Å²) in [4.78, 5) is 27.4. The zero-order valence-corrected chi connectivity index (χ0v) is 12.6. The third-order valence-electron chi connectivity index (χ3n) is 3.45. The third-order valence-corrected chi connectivity index (χ3v) is 3.45. The van der Waals surface area contributed by atoms with Gasteiger partial charge in [-0.2, -0.15) is 4.98 Å². The van der Waals surface area contributed by atoms with Crippen molar-refractivity contribution in [2.24, 2.45) is 0 Å². The number of carbonyl (C=O) groups excluding carboxylic acids is 2. The lowest BCUT2D eigenvalue weighted by atomic mass is 10.2. The summed E-state index contributed by atoms with van der Waals surface area (Å²) in [7, 11) is 0. The molecule has 7 heteroatoms. The van der Waals surface area contributed by atoms with Crippen LogP contribution in [0.4, 0.5) is 0 Å². The minimum absolute atomic E-state index is 0.00837. The Morgan fingerprint density at radius 3 is 2.70 bits per heavy atom. The average molecular weight is 314 g/mol. The molecule has 0 aliphatic heterocycles. The molecule has 1 aliphatic rings. The minimum Gasteiger partial charge on any atom is -0.352 e. The van der Waals surface area contributed by atoms with Crippen molar-refractivity contribution in [2.75, 3.05) is 6.54 Å². The number of hydrogen-bond donors (Lipinski definition) is 2. The Morgan fingerprint density at radius 1 is 1.17 bits per heavy atom. The van der Waals surface area contributed by atoms with E-state index in [1.165, 1.54) is 0 Å². The number of hydrogen-bond acceptors (Lipinski definition) is 5. The van der Waals surface area contributed by atoms with Crippen LogP contribution in [0, 0.1) is 0 Å². The second-order valence-electron chi connectivity index (χ2n) is 5.50. The van der Waals surface area contributed by atoms with Crippen LogP contribution < -0.4 is 10.6 Å². The predicted molar refractivity (Wildman–Crippen MR) is 82.2 cm³/mol. The van der Waals surface area contributed by atoms with Crippen LogP contribution in [0.1, 0.15) is 25.2 Å². The number of amides is 2. The van der Waals surface area contributed by atoms with Gasteiger partial charge in [-0.3, -0.25) is 9.59 Å². The summed E-state index contributed by atoms with van der Waals surface area (Å²) < 4.78 is 5.14. The Morgan fingerprint density at radius 2 is 1.96 bits per heavy atom. The van der Waals surface area contributed by atoms with Gasteiger partial charge in [0.25, 0.3) is 0 Å². The van der Waals surface area contributed by atoms with Crippen molar-refractivity contribution in [1.82, 2.24) is 20.8 Å². The number of aryl methyl sites for hydroxylation is 1. The first-order valence-electron chi connectivity index (χ1n) is 7.65. The summed E-state index contributed by atoms with van der Waals surface area (Å²) in [6, 6.07) is 9.78. The highest BCUT2D eigenvalue weighted by molar-refractivity contribution is 5.84. The van der Waals surface area contributed by atoms with Gasteiger partial charge in [-0.25, -0.2) is 0 Å². The van der Waals surface area contributed by atoms with E-state index in [-0.39, 0.29) is 24.8 Å². The molecule has 0 saturated heterocycles. The van der Waals surface area contributed by atoms with Gasteiger partial charge < -0.3 is 15.2 Å². The molecule has 0 spiro atoms. The predicted octanol–water partition coefficient (Wildman–Crippen LogP) is 1.06. The number of carbonyl (C=O) groups is 2. The lowest BCUT2D eigenvalue weighted by molar-refractivity contribution is -0.126. The second kappa shape index (κ2) is 7.04. The molecule has 1 saturated carbocycles. The van der Waals surface area contributed by atoms with Gasteiger partial charge in [0.2, 0.25) is 23.5 Å². The van der Waals surface area contributed by atoms with E-state index < -0.39 is 0 Å². The molecular formula is C16H18N4O3. The van der Waals surface area contributed by atoms with Crippen LogP contribution in [0.15, 0.2) is 34.9 Å². The van der Waals surface area contributed by atoms with Gasteiger partial charge in [0.15, 0.2) is 0 Å². The molecule has 0 unspecified atom stereocenters. The second-order valence-corrected chi connectivity index (χ2v) is 5.50. The normalized spacial score (nSPS) is 13.6. The SMILES string of the molecule is O=C(CCc1nc(-c2ccccc2)no1)NCC(=O)NC1CC1. The molecule has 1 aromatic carbocycles. The van der Waals surface area contributed by atoms with Crippen molar-refractivity contribution < 1.29 is 14.1 Å². The van der Waals surface area contributed by atoms with Crippen molar-refractivity contribution in [2.45, 2.75) is 31.7 Å². The average Bonchev–Trinajstić information content (AvgIpc) is 3.25. The maximum Gasteiger partial charge on any atom is 0.239 e. The summed E-state index contributed by atoms with van der Waals surface area (Å²) >= 11 is 0. The van der Waals surface area contributed by atoms with Gasteiger partial charge in [-0.05, 0) is 12.8 Å². The topological polar surface area (TPSA) is 97.1 Å². The molecule has 0 bridgehead atoms. The number of aromatic nitrogens is 2. The number of nitrogens with zero attached hydrogens (tertiary/aromatic N) is 2. The monoisotopic (exact) mass is 314 g/mol. The lowest BCUT2D eigenvalue weighted by Crippen LogP contribution is -2.37. The van der Waals surface area contributed by atoms with Gasteiger partial charge in [0.05, 0.1) is 6.54 Å². The maximum atomic E-state index is 11.7. The number of nitrogens with one attached hydrogen (secondary N) is 2. The van der Waals surface area contributed by atoms with E-state index in [2.05, 4.69) is 20.8 Å². The van der Waals surface area contributed by atoms with Crippen LogP contribution in [-0.4, -0.2) is 34.5 Å². The van der Waals surface area contributed by atoms with E-state index in [9.17, 15) is 9.59 Å². The van der Waals surface area contributed by atoms with Gasteiger partial charge in [-0.1, -0.05) is 35.5 Å². The zero-order chi connectivity index (χ0) is 16.1. The van der Waals surface area contributed by atoms with Gasteiger partial charge in [-0.15, -0.1) is 0 Å². The summed E-state index contributed by atoms with van der Waals surface area (Å²) in [5.41, 5.74) is 0.865. The van der Waals surface area contributed by atoms with Crippen LogP contribution in [0.5, 0.6) is 0 Å². The van der Waals surface area contributed by atoms with Crippen molar-refractivity contribution in [3.05, 3.63) is 36.2 Å². The van der Waals surface area contributed by atoms with E-state index >= 15 is 0 Å². The molecule has 0 atom stereocenters. The fourth-order valence-corrected chi connectivity index (χ4v) is 2.05. The highest BCUT2D eigenvalue weighted by Gasteiger charge is 2.23. The lowest BCUT2D eigenvalue weighted by Gasteiger charge is -2.04. The van der Waals surface area contributed by atoms with E-state index in [0.717, 1.165) is 18.4 Å². The largest absolute Gasteiger partial charge is 0.352 e. The molecule has 1 aromatic heterocycles. The van der Waals surface area contributed by atoms with Crippen molar-refractivity contribution in [3.8, 4) is 11.4 Å². The molecule has 2 N–H and O–H groups in total. The molecule has 1 aliphatic carbocycles.